The number of carboxylic acid groups (broad SMARTS) is 1. The van der Waals surface area contributed by atoms with Crippen molar-refractivity contribution in [1.29, 1.82) is 0 Å². The molecule has 0 aliphatic heterocycles. The van der Waals surface area contributed by atoms with Gasteiger partial charge in [-0.25, -0.2) is 0 Å². The maximum atomic E-state index is 11.7. The van der Waals surface area contributed by atoms with Crippen molar-refractivity contribution in [3.05, 3.63) is 12.7 Å². The molecule has 0 spiro atoms. The van der Waals surface area contributed by atoms with Crippen molar-refractivity contribution in [3.63, 3.8) is 0 Å². The van der Waals surface area contributed by atoms with Crippen LogP contribution < -0.4 is 5.32 Å². The Morgan fingerprint density at radius 2 is 2.11 bits per heavy atom. The smallest absolute Gasteiger partial charge is 0.310 e. The molecule has 0 heterocycles. The zero-order valence-corrected chi connectivity index (χ0v) is 12.2. The van der Waals surface area contributed by atoms with Crippen LogP contribution in [0.5, 0.6) is 0 Å². The molecular formula is C13H23NO3S. The number of carbonyl (C=O) groups is 2. The molecule has 0 saturated heterocycles. The normalized spacial score (nSPS) is 14.0. The standard InChI is InChI=1S/C13H23NO3S/c1-5-7-18-8-6-14-11(15)9-13(4,10(2)3)12(16)17/h5,10H,1,6-9H2,2-4H3,(H,14,15)(H,16,17). The largest absolute Gasteiger partial charge is 0.481 e. The fourth-order valence-electron chi connectivity index (χ4n) is 1.35. The van der Waals surface area contributed by atoms with Crippen LogP contribution in [0.3, 0.4) is 0 Å². The number of nitrogens with one attached hydrogen (secondary N) is 1. The summed E-state index contributed by atoms with van der Waals surface area (Å²) in [5.74, 6) is 0.454. The summed E-state index contributed by atoms with van der Waals surface area (Å²) < 4.78 is 0. The van der Waals surface area contributed by atoms with Gasteiger partial charge in [0.25, 0.3) is 0 Å². The molecule has 0 aromatic carbocycles. The van der Waals surface area contributed by atoms with Crippen LogP contribution >= 0.6 is 11.8 Å². The number of thioether (sulfide) groups is 1. The van der Waals surface area contributed by atoms with Crippen molar-refractivity contribution >= 4 is 23.6 Å². The van der Waals surface area contributed by atoms with Gasteiger partial charge in [-0.3, -0.25) is 9.59 Å². The van der Waals surface area contributed by atoms with E-state index in [4.69, 9.17) is 0 Å². The lowest BCUT2D eigenvalue weighted by Gasteiger charge is -2.28. The van der Waals surface area contributed by atoms with Crippen LogP contribution in [0, 0.1) is 11.3 Å². The van der Waals surface area contributed by atoms with E-state index in [0.29, 0.717) is 6.54 Å². The van der Waals surface area contributed by atoms with Crippen molar-refractivity contribution < 1.29 is 14.7 Å². The molecule has 0 aliphatic rings. The molecular weight excluding hydrogens is 250 g/mol. The van der Waals surface area contributed by atoms with Crippen LogP contribution in [0.15, 0.2) is 12.7 Å². The van der Waals surface area contributed by atoms with Gasteiger partial charge in [-0.2, -0.15) is 11.8 Å². The van der Waals surface area contributed by atoms with Gasteiger partial charge < -0.3 is 10.4 Å². The highest BCUT2D eigenvalue weighted by Gasteiger charge is 2.38. The van der Waals surface area contributed by atoms with Gasteiger partial charge in [0, 0.05) is 24.5 Å². The van der Waals surface area contributed by atoms with Crippen LogP contribution in [0.1, 0.15) is 27.2 Å². The maximum Gasteiger partial charge on any atom is 0.310 e. The van der Waals surface area contributed by atoms with Crippen molar-refractivity contribution in [3.8, 4) is 0 Å². The summed E-state index contributed by atoms with van der Waals surface area (Å²) in [6.45, 7) is 9.43. The van der Waals surface area contributed by atoms with E-state index in [2.05, 4.69) is 11.9 Å². The highest BCUT2D eigenvalue weighted by atomic mass is 32.2. The molecule has 0 bridgehead atoms. The molecule has 0 saturated carbocycles. The van der Waals surface area contributed by atoms with Gasteiger partial charge in [0.05, 0.1) is 5.41 Å². The van der Waals surface area contributed by atoms with Gasteiger partial charge in [-0.15, -0.1) is 6.58 Å². The average Bonchev–Trinajstić information content (AvgIpc) is 2.28. The van der Waals surface area contributed by atoms with Crippen LogP contribution in [-0.2, 0) is 9.59 Å². The summed E-state index contributed by atoms with van der Waals surface area (Å²) in [4.78, 5) is 22.9. The summed E-state index contributed by atoms with van der Waals surface area (Å²) in [6.07, 6.45) is 1.83. The Kier molecular flexibility index (Phi) is 7.75. The topological polar surface area (TPSA) is 66.4 Å². The first-order valence-corrected chi connectivity index (χ1v) is 7.18. The number of hydrogen-bond donors (Lipinski definition) is 2. The zero-order valence-electron chi connectivity index (χ0n) is 11.4. The first kappa shape index (κ1) is 17.0. The van der Waals surface area contributed by atoms with Crippen molar-refractivity contribution in [2.45, 2.75) is 27.2 Å². The van der Waals surface area contributed by atoms with E-state index < -0.39 is 11.4 Å². The first-order chi connectivity index (χ1) is 8.34. The average molecular weight is 273 g/mol. The number of carbonyl (C=O) groups excluding carboxylic acids is 1. The van der Waals surface area contributed by atoms with E-state index >= 15 is 0 Å². The maximum absolute atomic E-state index is 11.7. The summed E-state index contributed by atoms with van der Waals surface area (Å²) in [5, 5.41) is 11.9. The zero-order chi connectivity index (χ0) is 14.2. The minimum Gasteiger partial charge on any atom is -0.481 e. The molecule has 4 nitrogen and oxygen atoms in total. The van der Waals surface area contributed by atoms with Crippen molar-refractivity contribution in [2.75, 3.05) is 18.1 Å². The van der Waals surface area contributed by atoms with E-state index in [0.717, 1.165) is 11.5 Å². The minimum atomic E-state index is -1.00. The Labute approximate surface area is 113 Å². The second-order valence-corrected chi connectivity index (χ2v) is 5.92. The first-order valence-electron chi connectivity index (χ1n) is 6.03. The Morgan fingerprint density at radius 3 is 2.56 bits per heavy atom. The van der Waals surface area contributed by atoms with Crippen LogP contribution in [0.25, 0.3) is 0 Å². The Morgan fingerprint density at radius 1 is 1.50 bits per heavy atom. The Balaban J connectivity index is 4.12. The van der Waals surface area contributed by atoms with Gasteiger partial charge in [-0.1, -0.05) is 19.9 Å². The minimum absolute atomic E-state index is 0.0200. The number of carboxylic acids is 1. The van der Waals surface area contributed by atoms with Gasteiger partial charge in [0.1, 0.15) is 0 Å². The fraction of sp³-hybridized carbons (Fsp3) is 0.692. The predicted molar refractivity (Wildman–Crippen MR) is 75.7 cm³/mol. The van der Waals surface area contributed by atoms with Crippen molar-refractivity contribution in [1.82, 2.24) is 5.32 Å². The van der Waals surface area contributed by atoms with E-state index in [1.165, 1.54) is 0 Å². The molecule has 0 aromatic rings. The molecule has 1 atom stereocenters. The summed E-state index contributed by atoms with van der Waals surface area (Å²) in [7, 11) is 0. The lowest BCUT2D eigenvalue weighted by Crippen LogP contribution is -2.39. The summed E-state index contributed by atoms with van der Waals surface area (Å²) in [6, 6.07) is 0. The predicted octanol–water partition coefficient (Wildman–Crippen LogP) is 2.16. The summed E-state index contributed by atoms with van der Waals surface area (Å²) in [5.41, 5.74) is -1.00. The molecule has 0 radical (unpaired) electrons. The monoisotopic (exact) mass is 273 g/mol. The SMILES string of the molecule is C=CCSCCNC(=O)CC(C)(C(=O)O)C(C)C. The van der Waals surface area contributed by atoms with E-state index in [1.807, 2.05) is 19.9 Å². The Hall–Kier alpha value is -0.970. The highest BCUT2D eigenvalue weighted by Crippen LogP contribution is 2.31. The molecule has 0 rings (SSSR count). The third-order valence-corrected chi connectivity index (χ3v) is 4.06. The van der Waals surface area contributed by atoms with Crippen molar-refractivity contribution in [2.24, 2.45) is 11.3 Å². The van der Waals surface area contributed by atoms with Gasteiger partial charge in [0.15, 0.2) is 0 Å². The van der Waals surface area contributed by atoms with Crippen LogP contribution in [0.2, 0.25) is 0 Å². The van der Waals surface area contributed by atoms with Crippen LogP contribution in [-0.4, -0.2) is 35.0 Å². The van der Waals surface area contributed by atoms with Gasteiger partial charge in [0.2, 0.25) is 5.91 Å². The van der Waals surface area contributed by atoms with Gasteiger partial charge >= 0.3 is 5.97 Å². The third kappa shape index (κ3) is 5.58. The number of hydrogen-bond acceptors (Lipinski definition) is 3. The Bertz CT molecular complexity index is 305. The number of rotatable bonds is 9. The quantitative estimate of drug-likeness (QED) is 0.499. The highest BCUT2D eigenvalue weighted by molar-refractivity contribution is 7.99. The van der Waals surface area contributed by atoms with Crippen LogP contribution in [0.4, 0.5) is 0 Å². The van der Waals surface area contributed by atoms with E-state index in [1.54, 1.807) is 18.7 Å². The fourth-order valence-corrected chi connectivity index (χ4v) is 1.93. The van der Waals surface area contributed by atoms with E-state index in [9.17, 15) is 14.7 Å². The van der Waals surface area contributed by atoms with Gasteiger partial charge in [-0.05, 0) is 12.8 Å². The third-order valence-electron chi connectivity index (χ3n) is 3.09. The van der Waals surface area contributed by atoms with E-state index in [-0.39, 0.29) is 18.2 Å². The molecule has 1 unspecified atom stereocenters. The number of aliphatic carboxylic acids is 1. The molecule has 1 amide bonds. The molecule has 0 aromatic heterocycles. The molecule has 0 fully saturated rings. The molecule has 0 aliphatic carbocycles. The molecule has 5 heteroatoms. The summed E-state index contributed by atoms with van der Waals surface area (Å²) >= 11 is 1.68. The molecule has 2 N–H and O–H groups in total. The lowest BCUT2D eigenvalue weighted by atomic mass is 9.76. The molecule has 18 heavy (non-hydrogen) atoms. The second-order valence-electron chi connectivity index (χ2n) is 4.77. The number of amides is 1. The second kappa shape index (κ2) is 8.19. The lowest BCUT2D eigenvalue weighted by molar-refractivity contribution is -0.153. The molecule has 104 valence electrons.